The molecule has 0 saturated carbocycles. The molecule has 0 aliphatic heterocycles. The van der Waals surface area contributed by atoms with Crippen molar-refractivity contribution in [3.63, 3.8) is 0 Å². The molecule has 12 heteroatoms. The number of sulfonamides is 1. The van der Waals surface area contributed by atoms with E-state index in [9.17, 15) is 13.2 Å². The topological polar surface area (TPSA) is 135 Å². The monoisotopic (exact) mass is 668 g/mol. The second-order valence-electron chi connectivity index (χ2n) is 12.3. The number of para-hydroxylation sites is 1. The number of aromatic nitrogens is 2. The van der Waals surface area contributed by atoms with Crippen LogP contribution in [0.4, 0.5) is 33.5 Å². The molecule has 250 valence electrons. The van der Waals surface area contributed by atoms with Gasteiger partial charge in [0.05, 0.1) is 30.4 Å². The third-order valence-electron chi connectivity index (χ3n) is 7.49. The lowest BCUT2D eigenvalue weighted by Gasteiger charge is -2.24. The molecule has 0 aliphatic carbocycles. The van der Waals surface area contributed by atoms with E-state index in [0.29, 0.717) is 35.5 Å². The fraction of sp³-hybridized carbons (Fsp3) is 0.250. The van der Waals surface area contributed by atoms with Crippen LogP contribution in [0.15, 0.2) is 84.9 Å². The highest BCUT2D eigenvalue weighted by Gasteiger charge is 2.23. The van der Waals surface area contributed by atoms with Crippen LogP contribution >= 0.6 is 0 Å². The minimum absolute atomic E-state index is 0.186. The molecule has 4 aromatic carbocycles. The third-order valence-corrected chi connectivity index (χ3v) is 8.08. The van der Waals surface area contributed by atoms with Crippen molar-refractivity contribution in [2.75, 3.05) is 40.2 Å². The molecule has 1 heterocycles. The second kappa shape index (κ2) is 13.8. The standard InChI is InChI=1S/C36H40N6O5S/c1-8-42(25-14-10-9-11-15-25)34-37-23(2)20-32(40-34)47-31-19-18-28(26-16-12-13-17-27(26)31)38-35(43)39-29-21-24(36(3,4)5)22-30(33(29)46-6)41-48(7,44)45/h9-22,41H,8H2,1-7H3,(H2,38,39,43). The van der Waals surface area contributed by atoms with E-state index in [4.69, 9.17) is 14.5 Å². The first kappa shape index (κ1) is 34.0. The number of nitrogens with zero attached hydrogens (tertiary/aromatic N) is 3. The normalized spacial score (nSPS) is 11.6. The lowest BCUT2D eigenvalue weighted by molar-refractivity contribution is 0.262. The number of ether oxygens (including phenoxy) is 2. The SMILES string of the molecule is CCN(c1ccccc1)c1nc(C)cc(Oc2ccc(NC(=O)Nc3cc(C(C)(C)C)cc(NS(C)(=O)=O)c3OC)c3ccccc23)n1. The number of anilines is 5. The van der Waals surface area contributed by atoms with Crippen LogP contribution in [0.25, 0.3) is 10.8 Å². The van der Waals surface area contributed by atoms with Gasteiger partial charge in [-0.15, -0.1) is 0 Å². The van der Waals surface area contributed by atoms with E-state index >= 15 is 0 Å². The zero-order chi connectivity index (χ0) is 34.6. The molecule has 3 N–H and O–H groups in total. The maximum absolute atomic E-state index is 13.4. The fourth-order valence-corrected chi connectivity index (χ4v) is 5.80. The molecule has 0 spiro atoms. The summed E-state index contributed by atoms with van der Waals surface area (Å²) in [4.78, 5) is 24.8. The molecular weight excluding hydrogens is 628 g/mol. The van der Waals surface area contributed by atoms with Gasteiger partial charge in [-0.05, 0) is 61.2 Å². The lowest BCUT2D eigenvalue weighted by Crippen LogP contribution is -2.22. The molecule has 0 radical (unpaired) electrons. The van der Waals surface area contributed by atoms with Crippen molar-refractivity contribution in [1.29, 1.82) is 0 Å². The Morgan fingerprint density at radius 2 is 1.50 bits per heavy atom. The molecule has 1 aromatic heterocycles. The van der Waals surface area contributed by atoms with Gasteiger partial charge in [0.15, 0.2) is 5.75 Å². The number of fused-ring (bicyclic) bond motifs is 1. The summed E-state index contributed by atoms with van der Waals surface area (Å²) < 4.78 is 38.6. The van der Waals surface area contributed by atoms with E-state index in [0.717, 1.165) is 34.0 Å². The van der Waals surface area contributed by atoms with E-state index in [2.05, 4.69) is 20.3 Å². The molecule has 0 atom stereocenters. The van der Waals surface area contributed by atoms with Crippen LogP contribution in [0.5, 0.6) is 17.4 Å². The number of benzene rings is 4. The summed E-state index contributed by atoms with van der Waals surface area (Å²) in [6.45, 7) is 10.6. The highest BCUT2D eigenvalue weighted by molar-refractivity contribution is 7.92. The molecule has 11 nitrogen and oxygen atoms in total. The molecule has 5 rings (SSSR count). The van der Waals surface area contributed by atoms with Crippen molar-refractivity contribution in [1.82, 2.24) is 9.97 Å². The number of hydrogen-bond acceptors (Lipinski definition) is 8. The number of methoxy groups -OCH3 is 1. The summed E-state index contributed by atoms with van der Waals surface area (Å²) >= 11 is 0. The highest BCUT2D eigenvalue weighted by Crippen LogP contribution is 2.40. The first-order valence-electron chi connectivity index (χ1n) is 15.4. The second-order valence-corrected chi connectivity index (χ2v) is 14.0. The maximum atomic E-state index is 13.4. The summed E-state index contributed by atoms with van der Waals surface area (Å²) in [5.74, 6) is 1.66. The minimum atomic E-state index is -3.62. The molecule has 0 saturated heterocycles. The van der Waals surface area contributed by atoms with E-state index in [1.807, 2.05) is 94.1 Å². The van der Waals surface area contributed by atoms with Gasteiger partial charge in [0.1, 0.15) is 5.75 Å². The Morgan fingerprint density at radius 3 is 2.15 bits per heavy atom. The van der Waals surface area contributed by atoms with Crippen LogP contribution in [0.3, 0.4) is 0 Å². The van der Waals surface area contributed by atoms with Crippen molar-refractivity contribution in [2.45, 2.75) is 40.0 Å². The number of urea groups is 1. The smallest absolute Gasteiger partial charge is 0.323 e. The Morgan fingerprint density at radius 1 is 0.854 bits per heavy atom. The lowest BCUT2D eigenvalue weighted by atomic mass is 9.86. The number of carbonyl (C=O) groups excluding carboxylic acids is 1. The summed E-state index contributed by atoms with van der Waals surface area (Å²) in [6.07, 6.45) is 1.06. The largest absolute Gasteiger partial charge is 0.492 e. The van der Waals surface area contributed by atoms with Gasteiger partial charge < -0.3 is 25.0 Å². The van der Waals surface area contributed by atoms with Crippen LogP contribution in [0.1, 0.15) is 39.0 Å². The minimum Gasteiger partial charge on any atom is -0.492 e. The quantitative estimate of drug-likeness (QED) is 0.136. The van der Waals surface area contributed by atoms with Gasteiger partial charge in [0, 0.05) is 34.8 Å². The zero-order valence-electron chi connectivity index (χ0n) is 28.1. The predicted molar refractivity (Wildman–Crippen MR) is 193 cm³/mol. The Balaban J connectivity index is 1.44. The van der Waals surface area contributed by atoms with Gasteiger partial charge in [-0.25, -0.2) is 18.2 Å². The summed E-state index contributed by atoms with van der Waals surface area (Å²) in [6, 6.07) is 25.7. The first-order valence-corrected chi connectivity index (χ1v) is 17.3. The fourth-order valence-electron chi connectivity index (χ4n) is 5.25. The summed E-state index contributed by atoms with van der Waals surface area (Å²) in [7, 11) is -2.21. The van der Waals surface area contributed by atoms with E-state index < -0.39 is 16.1 Å². The van der Waals surface area contributed by atoms with Crippen molar-refractivity contribution in [2.24, 2.45) is 0 Å². The number of nitrogens with one attached hydrogen (secondary N) is 3. The van der Waals surface area contributed by atoms with Gasteiger partial charge in [0.25, 0.3) is 0 Å². The number of rotatable bonds is 10. The van der Waals surface area contributed by atoms with Crippen molar-refractivity contribution < 1.29 is 22.7 Å². The molecule has 0 bridgehead atoms. The van der Waals surface area contributed by atoms with Crippen LogP contribution in [0, 0.1) is 6.92 Å². The number of hydrogen-bond donors (Lipinski definition) is 3. The van der Waals surface area contributed by atoms with Crippen LogP contribution in [-0.2, 0) is 15.4 Å². The molecule has 48 heavy (non-hydrogen) atoms. The zero-order valence-corrected chi connectivity index (χ0v) is 28.9. The van der Waals surface area contributed by atoms with Crippen LogP contribution < -0.4 is 29.7 Å². The average molecular weight is 669 g/mol. The number of aryl methyl sites for hydroxylation is 1. The van der Waals surface area contributed by atoms with Gasteiger partial charge in [-0.3, -0.25) is 4.72 Å². The van der Waals surface area contributed by atoms with Gasteiger partial charge in [0.2, 0.25) is 21.9 Å². The van der Waals surface area contributed by atoms with Crippen LogP contribution in [-0.4, -0.2) is 44.3 Å². The number of amides is 2. The Labute approximate surface area is 281 Å². The van der Waals surface area contributed by atoms with Gasteiger partial charge in [-0.1, -0.05) is 63.2 Å². The molecular formula is C36H40N6O5S. The summed E-state index contributed by atoms with van der Waals surface area (Å²) in [5, 5.41) is 7.28. The molecule has 0 aliphatic rings. The van der Waals surface area contributed by atoms with Gasteiger partial charge in [-0.2, -0.15) is 4.98 Å². The Bertz CT molecular complexity index is 2060. The molecule has 0 fully saturated rings. The van der Waals surface area contributed by atoms with Crippen molar-refractivity contribution >= 4 is 55.5 Å². The first-order chi connectivity index (χ1) is 22.8. The average Bonchev–Trinajstić information content (AvgIpc) is 3.01. The van der Waals surface area contributed by atoms with Crippen molar-refractivity contribution in [3.05, 3.63) is 96.2 Å². The molecule has 5 aromatic rings. The van der Waals surface area contributed by atoms with Gasteiger partial charge >= 0.3 is 6.03 Å². The molecule has 2 amide bonds. The van der Waals surface area contributed by atoms with E-state index in [1.54, 1.807) is 30.3 Å². The highest BCUT2D eigenvalue weighted by atomic mass is 32.2. The number of carbonyl (C=O) groups is 1. The predicted octanol–water partition coefficient (Wildman–Crippen LogP) is 8.21. The Kier molecular flexibility index (Phi) is 9.76. The third kappa shape index (κ3) is 7.95. The van der Waals surface area contributed by atoms with E-state index in [-0.39, 0.29) is 16.9 Å². The summed E-state index contributed by atoms with van der Waals surface area (Å²) in [5.41, 5.74) is 3.25. The molecule has 0 unspecified atom stereocenters. The van der Waals surface area contributed by atoms with Crippen LogP contribution in [0.2, 0.25) is 0 Å². The van der Waals surface area contributed by atoms with Crippen molar-refractivity contribution in [3.8, 4) is 17.4 Å². The maximum Gasteiger partial charge on any atom is 0.323 e. The Hall–Kier alpha value is -5.36. The van der Waals surface area contributed by atoms with E-state index in [1.165, 1.54) is 7.11 Å².